The van der Waals surface area contributed by atoms with Crippen molar-refractivity contribution in [2.24, 2.45) is 0 Å². The van der Waals surface area contributed by atoms with Crippen LogP contribution in [0.3, 0.4) is 0 Å². The van der Waals surface area contributed by atoms with Gasteiger partial charge in [0.1, 0.15) is 0 Å². The summed E-state index contributed by atoms with van der Waals surface area (Å²) in [6, 6.07) is 10.5. The summed E-state index contributed by atoms with van der Waals surface area (Å²) in [4.78, 5) is 0. The fourth-order valence-electron chi connectivity index (χ4n) is 1.42. The van der Waals surface area contributed by atoms with Crippen LogP contribution in [0.2, 0.25) is 0 Å². The molecule has 0 fully saturated rings. The third kappa shape index (κ3) is 1.35. The molecule has 1 aromatic carbocycles. The minimum Gasteiger partial charge on any atom is -0.109 e. The van der Waals surface area contributed by atoms with Crippen LogP contribution >= 0.6 is 9.24 Å². The van der Waals surface area contributed by atoms with E-state index in [0.29, 0.717) is 0 Å². The summed E-state index contributed by atoms with van der Waals surface area (Å²) < 4.78 is 0. The highest BCUT2D eigenvalue weighted by Gasteiger charge is 2.05. The van der Waals surface area contributed by atoms with Crippen LogP contribution in [0, 0.1) is 0 Å². The van der Waals surface area contributed by atoms with Gasteiger partial charge in [0.15, 0.2) is 0 Å². The zero-order valence-electron chi connectivity index (χ0n) is 6.83. The highest BCUT2D eigenvalue weighted by Crippen LogP contribution is 2.31. The van der Waals surface area contributed by atoms with Gasteiger partial charge in [0.25, 0.3) is 0 Å². The molecule has 0 spiro atoms. The van der Waals surface area contributed by atoms with Gasteiger partial charge in [-0.2, -0.15) is 0 Å². The predicted octanol–water partition coefficient (Wildman–Crippen LogP) is 3.23. The van der Waals surface area contributed by atoms with E-state index in [4.69, 9.17) is 0 Å². The molecule has 0 bridgehead atoms. The molecule has 1 aliphatic carbocycles. The molecule has 12 heavy (non-hydrogen) atoms. The van der Waals surface area contributed by atoms with Crippen LogP contribution in [-0.2, 0) is 0 Å². The Morgan fingerprint density at radius 1 is 1.08 bits per heavy atom. The lowest BCUT2D eigenvalue weighted by molar-refractivity contribution is 1.42. The molecular formula is C11H11P. The van der Waals surface area contributed by atoms with Crippen LogP contribution < -0.4 is 0 Å². The summed E-state index contributed by atoms with van der Waals surface area (Å²) in [5, 5.41) is 1.39. The molecule has 0 heterocycles. The number of rotatable bonds is 1. The maximum absolute atomic E-state index is 2.80. The highest BCUT2D eigenvalue weighted by molar-refractivity contribution is 7.23. The summed E-state index contributed by atoms with van der Waals surface area (Å²) in [6.07, 6.45) is 5.47. The normalized spacial score (nSPS) is 15.8. The highest BCUT2D eigenvalue weighted by atomic mass is 31.0. The average molecular weight is 174 g/mol. The third-order valence-electron chi connectivity index (χ3n) is 2.05. The Labute approximate surface area is 75.2 Å². The standard InChI is InChI=1S/C11H11P/c12-11-8-4-7-10(11)9-5-2-1-3-6-9/h1-7H,8,12H2. The van der Waals surface area contributed by atoms with E-state index in [1.54, 1.807) is 0 Å². The number of benzene rings is 1. The topological polar surface area (TPSA) is 0 Å². The van der Waals surface area contributed by atoms with Gasteiger partial charge < -0.3 is 0 Å². The van der Waals surface area contributed by atoms with Gasteiger partial charge in [-0.1, -0.05) is 42.5 Å². The van der Waals surface area contributed by atoms with Gasteiger partial charge in [0.2, 0.25) is 0 Å². The Balaban J connectivity index is 2.44. The first-order valence-corrected chi connectivity index (χ1v) is 4.66. The van der Waals surface area contributed by atoms with Crippen molar-refractivity contribution in [3.8, 4) is 0 Å². The Morgan fingerprint density at radius 3 is 2.42 bits per heavy atom. The van der Waals surface area contributed by atoms with Crippen LogP contribution in [-0.4, -0.2) is 0 Å². The SMILES string of the molecule is PC1=C(c2ccccc2)C=CC1. The molecular weight excluding hydrogens is 163 g/mol. The van der Waals surface area contributed by atoms with Crippen molar-refractivity contribution in [2.45, 2.75) is 6.42 Å². The van der Waals surface area contributed by atoms with Gasteiger partial charge >= 0.3 is 0 Å². The first-order chi connectivity index (χ1) is 5.88. The van der Waals surface area contributed by atoms with Gasteiger partial charge in [-0.3, -0.25) is 0 Å². The molecule has 1 heteroatoms. The summed E-state index contributed by atoms with van der Waals surface area (Å²) >= 11 is 0. The molecule has 2 rings (SSSR count). The predicted molar refractivity (Wildman–Crippen MR) is 56.8 cm³/mol. The van der Waals surface area contributed by atoms with E-state index in [0.717, 1.165) is 6.42 Å². The second-order valence-electron chi connectivity index (χ2n) is 2.91. The lowest BCUT2D eigenvalue weighted by Crippen LogP contribution is -1.78. The van der Waals surface area contributed by atoms with E-state index in [1.165, 1.54) is 16.5 Å². The van der Waals surface area contributed by atoms with E-state index in [2.05, 4.69) is 45.7 Å². The van der Waals surface area contributed by atoms with Crippen molar-refractivity contribution in [2.75, 3.05) is 0 Å². The molecule has 60 valence electrons. The molecule has 0 amide bonds. The lowest BCUT2D eigenvalue weighted by Gasteiger charge is -2.01. The van der Waals surface area contributed by atoms with Crippen molar-refractivity contribution in [1.29, 1.82) is 0 Å². The van der Waals surface area contributed by atoms with Crippen LogP contribution in [0.25, 0.3) is 5.57 Å². The molecule has 0 radical (unpaired) electrons. The van der Waals surface area contributed by atoms with Gasteiger partial charge in [-0.15, -0.1) is 9.24 Å². The fraction of sp³-hybridized carbons (Fsp3) is 0.0909. The smallest absolute Gasteiger partial charge is 0.00887 e. The third-order valence-corrected chi connectivity index (χ3v) is 2.60. The van der Waals surface area contributed by atoms with Crippen molar-refractivity contribution in [3.05, 3.63) is 53.4 Å². The van der Waals surface area contributed by atoms with Crippen LogP contribution in [0.1, 0.15) is 12.0 Å². The van der Waals surface area contributed by atoms with Gasteiger partial charge in [0.05, 0.1) is 0 Å². The first-order valence-electron chi connectivity index (χ1n) is 4.08. The fourth-order valence-corrected chi connectivity index (χ4v) is 1.82. The molecule has 1 unspecified atom stereocenters. The number of allylic oxidation sites excluding steroid dienone is 4. The minimum atomic E-state index is 1.08. The molecule has 0 aliphatic heterocycles. The molecule has 0 saturated heterocycles. The Bertz CT molecular complexity index is 333. The Hall–Kier alpha value is -0.870. The molecule has 1 aromatic rings. The zero-order chi connectivity index (χ0) is 8.39. The van der Waals surface area contributed by atoms with Crippen molar-refractivity contribution >= 4 is 14.8 Å². The minimum absolute atomic E-state index is 1.08. The molecule has 0 saturated carbocycles. The average Bonchev–Trinajstić information content (AvgIpc) is 2.53. The van der Waals surface area contributed by atoms with E-state index < -0.39 is 0 Å². The molecule has 0 N–H and O–H groups in total. The Kier molecular flexibility index (Phi) is 2.10. The van der Waals surface area contributed by atoms with E-state index in [9.17, 15) is 0 Å². The summed E-state index contributed by atoms with van der Waals surface area (Å²) in [6.45, 7) is 0. The lowest BCUT2D eigenvalue weighted by atomic mass is 10.1. The summed E-state index contributed by atoms with van der Waals surface area (Å²) in [5.74, 6) is 0. The van der Waals surface area contributed by atoms with Crippen LogP contribution in [0.4, 0.5) is 0 Å². The number of hydrogen-bond donors (Lipinski definition) is 0. The molecule has 0 aromatic heterocycles. The van der Waals surface area contributed by atoms with Crippen molar-refractivity contribution < 1.29 is 0 Å². The van der Waals surface area contributed by atoms with Gasteiger partial charge in [-0.25, -0.2) is 0 Å². The maximum Gasteiger partial charge on any atom is -0.00887 e. The summed E-state index contributed by atoms with van der Waals surface area (Å²) in [5.41, 5.74) is 2.68. The molecule has 0 nitrogen and oxygen atoms in total. The van der Waals surface area contributed by atoms with Crippen LogP contribution in [0.15, 0.2) is 47.8 Å². The van der Waals surface area contributed by atoms with Crippen molar-refractivity contribution in [1.82, 2.24) is 0 Å². The molecule has 1 atom stereocenters. The second kappa shape index (κ2) is 3.25. The largest absolute Gasteiger partial charge is 0.109 e. The zero-order valence-corrected chi connectivity index (χ0v) is 7.98. The molecule has 1 aliphatic rings. The van der Waals surface area contributed by atoms with E-state index in [-0.39, 0.29) is 0 Å². The summed E-state index contributed by atoms with van der Waals surface area (Å²) in [7, 11) is 2.80. The first kappa shape index (κ1) is 7.76. The van der Waals surface area contributed by atoms with Crippen LogP contribution in [0.5, 0.6) is 0 Å². The van der Waals surface area contributed by atoms with Gasteiger partial charge in [-0.05, 0) is 22.9 Å². The monoisotopic (exact) mass is 174 g/mol. The van der Waals surface area contributed by atoms with Crippen molar-refractivity contribution in [3.63, 3.8) is 0 Å². The quantitative estimate of drug-likeness (QED) is 0.573. The van der Waals surface area contributed by atoms with E-state index >= 15 is 0 Å². The van der Waals surface area contributed by atoms with Gasteiger partial charge in [0, 0.05) is 0 Å². The number of hydrogen-bond acceptors (Lipinski definition) is 0. The maximum atomic E-state index is 2.80. The van der Waals surface area contributed by atoms with E-state index in [1.807, 2.05) is 6.07 Å². The second-order valence-corrected chi connectivity index (χ2v) is 3.61. The Morgan fingerprint density at radius 2 is 1.83 bits per heavy atom.